The van der Waals surface area contributed by atoms with Gasteiger partial charge in [-0.05, 0) is 55.2 Å². The molecule has 3 aromatic rings. The van der Waals surface area contributed by atoms with Crippen molar-refractivity contribution in [3.63, 3.8) is 0 Å². The van der Waals surface area contributed by atoms with Crippen LogP contribution < -0.4 is 10.2 Å². The average Bonchev–Trinajstić information content (AvgIpc) is 3.60. The van der Waals surface area contributed by atoms with Crippen molar-refractivity contribution in [2.75, 3.05) is 36.4 Å². The highest BCUT2D eigenvalue weighted by Gasteiger charge is 2.25. The van der Waals surface area contributed by atoms with E-state index < -0.39 is 0 Å². The Kier molecular flexibility index (Phi) is 6.73. The molecule has 1 aromatic carbocycles. The molecule has 2 aliphatic rings. The second-order valence-corrected chi connectivity index (χ2v) is 10.5. The van der Waals surface area contributed by atoms with E-state index in [9.17, 15) is 9.59 Å². The number of thiophene rings is 1. The lowest BCUT2D eigenvalue weighted by molar-refractivity contribution is -0.127. The summed E-state index contributed by atoms with van der Waals surface area (Å²) in [6.07, 6.45) is 5.04. The zero-order valence-electron chi connectivity index (χ0n) is 18.5. The Balaban J connectivity index is 1.19. The summed E-state index contributed by atoms with van der Waals surface area (Å²) in [4.78, 5) is 34.8. The SMILES string of the molecule is O=C(Nc1ccccc1N1CCC(CCN2CCCC2=O)CC1)c1csc(-c2cccs2)n1. The van der Waals surface area contributed by atoms with Crippen molar-refractivity contribution < 1.29 is 9.59 Å². The molecule has 0 spiro atoms. The quantitative estimate of drug-likeness (QED) is 0.495. The van der Waals surface area contributed by atoms with Gasteiger partial charge in [0, 0.05) is 38.0 Å². The van der Waals surface area contributed by atoms with Gasteiger partial charge in [-0.2, -0.15) is 0 Å². The number of anilines is 2. The molecule has 2 aliphatic heterocycles. The highest BCUT2D eigenvalue weighted by atomic mass is 32.1. The normalized spacial score (nSPS) is 17.0. The molecule has 6 nitrogen and oxygen atoms in total. The molecule has 2 aromatic heterocycles. The predicted molar refractivity (Wildman–Crippen MR) is 135 cm³/mol. The number of nitrogens with one attached hydrogen (secondary N) is 1. The van der Waals surface area contributed by atoms with Crippen LogP contribution in [0.3, 0.4) is 0 Å². The monoisotopic (exact) mass is 480 g/mol. The summed E-state index contributed by atoms with van der Waals surface area (Å²) in [6.45, 7) is 3.76. The van der Waals surface area contributed by atoms with Gasteiger partial charge in [0.2, 0.25) is 5.91 Å². The average molecular weight is 481 g/mol. The Hall–Kier alpha value is -2.71. The summed E-state index contributed by atoms with van der Waals surface area (Å²) in [5, 5.41) is 7.80. The second-order valence-electron chi connectivity index (χ2n) is 8.69. The van der Waals surface area contributed by atoms with Gasteiger partial charge in [-0.25, -0.2) is 4.98 Å². The second kappa shape index (κ2) is 10.1. The number of likely N-dealkylation sites (tertiary alicyclic amines) is 1. The van der Waals surface area contributed by atoms with E-state index in [0.717, 1.165) is 79.5 Å². The lowest BCUT2D eigenvalue weighted by Crippen LogP contribution is -2.36. The number of aromatic nitrogens is 1. The number of hydrogen-bond acceptors (Lipinski definition) is 6. The first-order chi connectivity index (χ1) is 16.2. The summed E-state index contributed by atoms with van der Waals surface area (Å²) in [5.41, 5.74) is 2.34. The Bertz CT molecular complexity index is 1100. The third-order valence-corrected chi connectivity index (χ3v) is 8.44. The fourth-order valence-corrected chi connectivity index (χ4v) is 6.29. The largest absolute Gasteiger partial charge is 0.370 e. The van der Waals surface area contributed by atoms with Crippen LogP contribution in [0.25, 0.3) is 9.88 Å². The highest BCUT2D eigenvalue weighted by molar-refractivity contribution is 7.20. The molecule has 8 heteroatoms. The standard InChI is InChI=1S/C25H28N4O2S2/c30-23-8-3-12-29(23)15-11-18-9-13-28(14-10-18)21-6-2-1-5-19(21)26-24(31)20-17-33-25(27-20)22-7-4-16-32-22/h1-2,4-7,16-18H,3,8-15H2,(H,26,31). The van der Waals surface area contributed by atoms with E-state index in [1.807, 2.05) is 46.0 Å². The maximum Gasteiger partial charge on any atom is 0.275 e. The van der Waals surface area contributed by atoms with Gasteiger partial charge in [0.1, 0.15) is 10.7 Å². The van der Waals surface area contributed by atoms with Gasteiger partial charge < -0.3 is 15.1 Å². The number of hydrogen-bond donors (Lipinski definition) is 1. The van der Waals surface area contributed by atoms with Gasteiger partial charge in [-0.15, -0.1) is 22.7 Å². The molecule has 0 radical (unpaired) electrons. The molecule has 0 atom stereocenters. The number of carbonyl (C=O) groups excluding carboxylic acids is 2. The van der Waals surface area contributed by atoms with Crippen molar-refractivity contribution in [1.82, 2.24) is 9.88 Å². The van der Waals surface area contributed by atoms with Gasteiger partial charge in [-0.1, -0.05) is 18.2 Å². The van der Waals surface area contributed by atoms with Crippen LogP contribution in [0.2, 0.25) is 0 Å². The molecule has 2 fully saturated rings. The van der Waals surface area contributed by atoms with Crippen LogP contribution in [0.1, 0.15) is 42.6 Å². The molecule has 0 bridgehead atoms. The Morgan fingerprint density at radius 3 is 2.70 bits per heavy atom. The van der Waals surface area contributed by atoms with Gasteiger partial charge in [0.25, 0.3) is 5.91 Å². The molecule has 1 N–H and O–H groups in total. The minimum Gasteiger partial charge on any atom is -0.370 e. The van der Waals surface area contributed by atoms with E-state index in [1.165, 1.54) is 11.3 Å². The number of nitrogens with zero attached hydrogens (tertiary/aromatic N) is 3. The van der Waals surface area contributed by atoms with Crippen molar-refractivity contribution in [2.45, 2.75) is 32.1 Å². The number of amides is 2. The lowest BCUT2D eigenvalue weighted by atomic mass is 9.93. The minimum atomic E-state index is -0.174. The van der Waals surface area contributed by atoms with Crippen molar-refractivity contribution in [2.24, 2.45) is 5.92 Å². The lowest BCUT2D eigenvalue weighted by Gasteiger charge is -2.35. The van der Waals surface area contributed by atoms with Crippen molar-refractivity contribution >= 4 is 45.9 Å². The fraction of sp³-hybridized carbons (Fsp3) is 0.400. The molecule has 2 amide bonds. The molecule has 0 unspecified atom stereocenters. The van der Waals surface area contributed by atoms with E-state index in [-0.39, 0.29) is 5.91 Å². The van der Waals surface area contributed by atoms with E-state index in [2.05, 4.69) is 21.3 Å². The molecule has 172 valence electrons. The number of piperidine rings is 1. The maximum atomic E-state index is 12.9. The van der Waals surface area contributed by atoms with Crippen LogP contribution in [-0.4, -0.2) is 47.9 Å². The third-order valence-electron chi connectivity index (χ3n) is 6.55. The van der Waals surface area contributed by atoms with E-state index in [0.29, 0.717) is 17.5 Å². The third kappa shape index (κ3) is 5.12. The molecular formula is C25H28N4O2S2. The van der Waals surface area contributed by atoms with E-state index >= 15 is 0 Å². The summed E-state index contributed by atoms with van der Waals surface area (Å²) >= 11 is 3.12. The van der Waals surface area contributed by atoms with Gasteiger partial charge in [0.15, 0.2) is 0 Å². The molecule has 0 saturated carbocycles. The Labute approximate surface area is 202 Å². The molecule has 33 heavy (non-hydrogen) atoms. The van der Waals surface area contributed by atoms with Crippen LogP contribution in [0, 0.1) is 5.92 Å². The van der Waals surface area contributed by atoms with Crippen LogP contribution in [0.4, 0.5) is 11.4 Å². The van der Waals surface area contributed by atoms with E-state index in [4.69, 9.17) is 0 Å². The van der Waals surface area contributed by atoms with Gasteiger partial charge in [0.05, 0.1) is 16.3 Å². The first kappa shape index (κ1) is 22.1. The summed E-state index contributed by atoms with van der Waals surface area (Å²) in [5.74, 6) is 0.800. The van der Waals surface area contributed by atoms with Crippen LogP contribution >= 0.6 is 22.7 Å². The smallest absolute Gasteiger partial charge is 0.275 e. The number of carbonyl (C=O) groups is 2. The molecule has 5 rings (SSSR count). The fourth-order valence-electron chi connectivity index (χ4n) is 4.67. The zero-order valence-corrected chi connectivity index (χ0v) is 20.2. The summed E-state index contributed by atoms with van der Waals surface area (Å²) < 4.78 is 0. The molecule has 2 saturated heterocycles. The first-order valence-electron chi connectivity index (χ1n) is 11.6. The van der Waals surface area contributed by atoms with E-state index in [1.54, 1.807) is 11.3 Å². The predicted octanol–water partition coefficient (Wildman–Crippen LogP) is 5.35. The number of thiazole rings is 1. The van der Waals surface area contributed by atoms with Crippen molar-refractivity contribution in [1.29, 1.82) is 0 Å². The minimum absolute atomic E-state index is 0.174. The van der Waals surface area contributed by atoms with Crippen LogP contribution in [0.5, 0.6) is 0 Å². The van der Waals surface area contributed by atoms with Crippen LogP contribution in [-0.2, 0) is 4.79 Å². The van der Waals surface area contributed by atoms with Gasteiger partial charge >= 0.3 is 0 Å². The van der Waals surface area contributed by atoms with Crippen LogP contribution in [0.15, 0.2) is 47.2 Å². The Morgan fingerprint density at radius 2 is 1.94 bits per heavy atom. The highest BCUT2D eigenvalue weighted by Crippen LogP contribution is 2.32. The molecule has 4 heterocycles. The number of para-hydroxylation sites is 2. The maximum absolute atomic E-state index is 12.9. The molecular weight excluding hydrogens is 452 g/mol. The van der Waals surface area contributed by atoms with Gasteiger partial charge in [-0.3, -0.25) is 9.59 Å². The molecule has 0 aliphatic carbocycles. The Morgan fingerprint density at radius 1 is 1.09 bits per heavy atom. The van der Waals surface area contributed by atoms with Crippen molar-refractivity contribution in [3.05, 3.63) is 52.9 Å². The topological polar surface area (TPSA) is 65.5 Å². The number of rotatable bonds is 7. The first-order valence-corrected chi connectivity index (χ1v) is 13.4. The number of benzene rings is 1. The summed E-state index contributed by atoms with van der Waals surface area (Å²) in [6, 6.07) is 12.0. The van der Waals surface area contributed by atoms with Crippen molar-refractivity contribution in [3.8, 4) is 9.88 Å². The summed E-state index contributed by atoms with van der Waals surface area (Å²) in [7, 11) is 0. The zero-order chi connectivity index (χ0) is 22.6.